The molecule has 2 heterocycles. The van der Waals surface area contributed by atoms with E-state index in [1.807, 2.05) is 18.2 Å². The Labute approximate surface area is 213 Å². The number of carbonyl (C=O) groups is 1. The second-order valence-electron chi connectivity index (χ2n) is 7.84. The maximum Gasteiger partial charge on any atom is 0.260 e. The van der Waals surface area contributed by atoms with Crippen LogP contribution in [0.4, 0.5) is 5.69 Å². The molecule has 0 radical (unpaired) electrons. The van der Waals surface area contributed by atoms with Crippen molar-refractivity contribution in [2.45, 2.75) is 18.4 Å². The predicted molar refractivity (Wildman–Crippen MR) is 133 cm³/mol. The molecule has 0 saturated carbocycles. The van der Waals surface area contributed by atoms with E-state index in [0.717, 1.165) is 5.56 Å². The van der Waals surface area contributed by atoms with Crippen LogP contribution in [0.1, 0.15) is 21.6 Å². The van der Waals surface area contributed by atoms with E-state index in [9.17, 15) is 13.2 Å². The standard InChI is InChI=1S/C23H24Cl2N4O5S/c1-15-21(22(25)29(27-15)14-16-5-3-4-6-18(16)24)23(30)26-17-7-8-19(33-2)20(13-17)35(31,32)28-9-11-34-12-10-28/h3-8,13H,9-12,14H2,1-2H3,(H,26,30). The van der Waals surface area contributed by atoms with Crippen LogP contribution in [0.15, 0.2) is 47.4 Å². The van der Waals surface area contributed by atoms with Crippen LogP contribution in [-0.2, 0) is 21.3 Å². The monoisotopic (exact) mass is 538 g/mol. The predicted octanol–water partition coefficient (Wildman–Crippen LogP) is 3.83. The van der Waals surface area contributed by atoms with Gasteiger partial charge in [-0.05, 0) is 36.8 Å². The van der Waals surface area contributed by atoms with Gasteiger partial charge in [0.1, 0.15) is 15.8 Å². The minimum atomic E-state index is -3.86. The minimum Gasteiger partial charge on any atom is -0.495 e. The van der Waals surface area contributed by atoms with Crippen molar-refractivity contribution in [1.29, 1.82) is 0 Å². The molecule has 0 aliphatic carbocycles. The van der Waals surface area contributed by atoms with E-state index < -0.39 is 15.9 Å². The number of nitrogens with zero attached hydrogens (tertiary/aromatic N) is 3. The molecular weight excluding hydrogens is 515 g/mol. The second kappa shape index (κ2) is 10.5. The number of sulfonamides is 1. The summed E-state index contributed by atoms with van der Waals surface area (Å²) >= 11 is 12.8. The van der Waals surface area contributed by atoms with E-state index in [0.29, 0.717) is 23.9 Å². The number of benzene rings is 2. The van der Waals surface area contributed by atoms with Crippen molar-refractivity contribution in [2.24, 2.45) is 0 Å². The van der Waals surface area contributed by atoms with Crippen LogP contribution < -0.4 is 10.1 Å². The van der Waals surface area contributed by atoms with E-state index in [-0.39, 0.29) is 46.7 Å². The van der Waals surface area contributed by atoms with Gasteiger partial charge >= 0.3 is 0 Å². The number of aryl methyl sites for hydroxylation is 1. The molecule has 0 spiro atoms. The van der Waals surface area contributed by atoms with E-state index in [4.69, 9.17) is 32.7 Å². The molecule has 1 saturated heterocycles. The van der Waals surface area contributed by atoms with Crippen LogP contribution in [0.25, 0.3) is 0 Å². The van der Waals surface area contributed by atoms with Crippen LogP contribution in [0.5, 0.6) is 5.75 Å². The highest BCUT2D eigenvalue weighted by molar-refractivity contribution is 7.89. The first kappa shape index (κ1) is 25.5. The van der Waals surface area contributed by atoms with Gasteiger partial charge in [-0.3, -0.25) is 4.79 Å². The first-order chi connectivity index (χ1) is 16.7. The number of nitrogens with one attached hydrogen (secondary N) is 1. The van der Waals surface area contributed by atoms with Gasteiger partial charge in [-0.1, -0.05) is 41.4 Å². The van der Waals surface area contributed by atoms with Gasteiger partial charge < -0.3 is 14.8 Å². The zero-order valence-electron chi connectivity index (χ0n) is 19.1. The summed E-state index contributed by atoms with van der Waals surface area (Å²) in [6.45, 7) is 3.06. The van der Waals surface area contributed by atoms with Crippen LogP contribution in [0, 0.1) is 6.92 Å². The van der Waals surface area contributed by atoms with Gasteiger partial charge in [-0.15, -0.1) is 0 Å². The summed E-state index contributed by atoms with van der Waals surface area (Å²) in [5.74, 6) is -0.339. The smallest absolute Gasteiger partial charge is 0.260 e. The van der Waals surface area contributed by atoms with Crippen LogP contribution in [0.2, 0.25) is 10.2 Å². The van der Waals surface area contributed by atoms with Crippen LogP contribution in [0.3, 0.4) is 0 Å². The Balaban J connectivity index is 1.60. The average molecular weight is 539 g/mol. The lowest BCUT2D eigenvalue weighted by Gasteiger charge is -2.26. The highest BCUT2D eigenvalue weighted by Gasteiger charge is 2.30. The van der Waals surface area contributed by atoms with Gasteiger partial charge in [-0.2, -0.15) is 9.40 Å². The Hall–Kier alpha value is -2.63. The second-order valence-corrected chi connectivity index (χ2v) is 10.5. The third-order valence-electron chi connectivity index (χ3n) is 5.58. The van der Waals surface area contributed by atoms with Gasteiger partial charge in [-0.25, -0.2) is 13.1 Å². The van der Waals surface area contributed by atoms with Gasteiger partial charge in [0.2, 0.25) is 10.0 Å². The molecule has 1 fully saturated rings. The minimum absolute atomic E-state index is 0.0445. The van der Waals surface area contributed by atoms with Crippen molar-refractivity contribution in [3.8, 4) is 5.75 Å². The van der Waals surface area contributed by atoms with Gasteiger partial charge in [0.05, 0.1) is 38.1 Å². The van der Waals surface area contributed by atoms with Gasteiger partial charge in [0.25, 0.3) is 5.91 Å². The number of aromatic nitrogens is 2. The van der Waals surface area contributed by atoms with E-state index >= 15 is 0 Å². The zero-order valence-corrected chi connectivity index (χ0v) is 21.5. The Kier molecular flexibility index (Phi) is 7.67. The average Bonchev–Trinajstić information content (AvgIpc) is 3.13. The van der Waals surface area contributed by atoms with Crippen molar-refractivity contribution in [3.63, 3.8) is 0 Å². The highest BCUT2D eigenvalue weighted by Crippen LogP contribution is 2.31. The Morgan fingerprint density at radius 2 is 1.89 bits per heavy atom. The summed E-state index contributed by atoms with van der Waals surface area (Å²) in [6, 6.07) is 11.7. The number of hydrogen-bond donors (Lipinski definition) is 1. The quantitative estimate of drug-likeness (QED) is 0.490. The molecule has 1 aromatic heterocycles. The highest BCUT2D eigenvalue weighted by atomic mass is 35.5. The molecule has 2 aromatic carbocycles. The molecule has 0 bridgehead atoms. The molecule has 12 heteroatoms. The third kappa shape index (κ3) is 5.31. The van der Waals surface area contributed by atoms with E-state index in [1.54, 1.807) is 19.1 Å². The summed E-state index contributed by atoms with van der Waals surface area (Å²) in [5.41, 5.74) is 1.69. The van der Waals surface area contributed by atoms with E-state index in [2.05, 4.69) is 10.4 Å². The molecule has 1 aliphatic rings. The molecule has 0 atom stereocenters. The first-order valence-corrected chi connectivity index (χ1v) is 13.0. The summed E-state index contributed by atoms with van der Waals surface area (Å²) in [7, 11) is -2.47. The number of carbonyl (C=O) groups excluding carboxylic acids is 1. The molecule has 3 aromatic rings. The van der Waals surface area contributed by atoms with Crippen molar-refractivity contribution in [1.82, 2.24) is 14.1 Å². The molecule has 0 unspecified atom stereocenters. The molecule has 35 heavy (non-hydrogen) atoms. The van der Waals surface area contributed by atoms with E-state index in [1.165, 1.54) is 28.2 Å². The summed E-state index contributed by atoms with van der Waals surface area (Å²) < 4.78 is 39.8. The fraction of sp³-hybridized carbons (Fsp3) is 0.304. The Bertz CT molecular complexity index is 1350. The lowest BCUT2D eigenvalue weighted by molar-refractivity contribution is 0.0729. The number of rotatable bonds is 7. The number of morpholine rings is 1. The van der Waals surface area contributed by atoms with Gasteiger partial charge in [0.15, 0.2) is 0 Å². The van der Waals surface area contributed by atoms with Crippen molar-refractivity contribution in [3.05, 3.63) is 69.5 Å². The third-order valence-corrected chi connectivity index (χ3v) is 8.25. The molecule has 1 aliphatic heterocycles. The maximum absolute atomic E-state index is 13.2. The lowest BCUT2D eigenvalue weighted by atomic mass is 10.2. The molecule has 4 rings (SSSR count). The fourth-order valence-electron chi connectivity index (χ4n) is 3.78. The Morgan fingerprint density at radius 3 is 2.57 bits per heavy atom. The van der Waals surface area contributed by atoms with Crippen molar-refractivity contribution < 1.29 is 22.7 Å². The molecular formula is C23H24Cl2N4O5S. The zero-order chi connectivity index (χ0) is 25.2. The number of hydrogen-bond acceptors (Lipinski definition) is 6. The van der Waals surface area contributed by atoms with Gasteiger partial charge in [0, 0.05) is 23.8 Å². The first-order valence-electron chi connectivity index (χ1n) is 10.8. The maximum atomic E-state index is 13.2. The SMILES string of the molecule is COc1ccc(NC(=O)c2c(C)nn(Cc3ccccc3Cl)c2Cl)cc1S(=O)(=O)N1CCOCC1. The van der Waals surface area contributed by atoms with Crippen LogP contribution in [-0.4, -0.2) is 61.8 Å². The summed E-state index contributed by atoms with van der Waals surface area (Å²) in [5, 5.41) is 7.83. The number of amides is 1. The number of halogens is 2. The largest absolute Gasteiger partial charge is 0.495 e. The fourth-order valence-corrected chi connectivity index (χ4v) is 5.88. The number of ether oxygens (including phenoxy) is 2. The normalized spacial score (nSPS) is 14.6. The number of anilines is 1. The topological polar surface area (TPSA) is 103 Å². The summed E-state index contributed by atoms with van der Waals surface area (Å²) in [6.07, 6.45) is 0. The Morgan fingerprint density at radius 1 is 1.17 bits per heavy atom. The van der Waals surface area contributed by atoms with Crippen LogP contribution >= 0.6 is 23.2 Å². The lowest BCUT2D eigenvalue weighted by Crippen LogP contribution is -2.40. The molecule has 186 valence electrons. The molecule has 1 amide bonds. The molecule has 9 nitrogen and oxygen atoms in total. The number of methoxy groups -OCH3 is 1. The van der Waals surface area contributed by atoms with Crippen molar-refractivity contribution >= 4 is 44.8 Å². The molecule has 1 N–H and O–H groups in total. The summed E-state index contributed by atoms with van der Waals surface area (Å²) in [4.78, 5) is 13.1. The van der Waals surface area contributed by atoms with Crippen molar-refractivity contribution in [2.75, 3.05) is 38.7 Å².